The number of hydrogen-bond acceptors (Lipinski definition) is 4. The summed E-state index contributed by atoms with van der Waals surface area (Å²) < 4.78 is 13.4. The number of carbonyl (C=O) groups is 1. The zero-order valence-electron chi connectivity index (χ0n) is 15.2. The summed E-state index contributed by atoms with van der Waals surface area (Å²) in [5.41, 5.74) is 2.91. The number of nitrogens with zero attached hydrogens (tertiary/aromatic N) is 2. The first-order valence-corrected chi connectivity index (χ1v) is 8.96. The standard InChI is InChI=1S/C18H29N3O3/c1-12(2)21-14(4)16(13(3)20-21)9-17(22)19-15-5-7-24-18(10-15)6-8-23-11-18/h12,15H,5-11H2,1-4H3,(H,19,22). The monoisotopic (exact) mass is 335 g/mol. The van der Waals surface area contributed by atoms with E-state index in [0.717, 1.165) is 42.8 Å². The van der Waals surface area contributed by atoms with Crippen LogP contribution in [-0.4, -0.2) is 47.2 Å². The molecule has 0 saturated carbocycles. The smallest absolute Gasteiger partial charge is 0.224 e. The average molecular weight is 335 g/mol. The highest BCUT2D eigenvalue weighted by molar-refractivity contribution is 5.79. The van der Waals surface area contributed by atoms with Gasteiger partial charge in [-0.25, -0.2) is 0 Å². The molecular weight excluding hydrogens is 306 g/mol. The van der Waals surface area contributed by atoms with E-state index in [9.17, 15) is 4.79 Å². The van der Waals surface area contributed by atoms with Crippen LogP contribution in [0, 0.1) is 13.8 Å². The fourth-order valence-corrected chi connectivity index (χ4v) is 3.91. The van der Waals surface area contributed by atoms with Crippen LogP contribution in [0.5, 0.6) is 0 Å². The molecule has 0 radical (unpaired) electrons. The van der Waals surface area contributed by atoms with Gasteiger partial charge in [0.15, 0.2) is 0 Å². The number of ether oxygens (including phenoxy) is 2. The van der Waals surface area contributed by atoms with Crippen molar-refractivity contribution in [1.29, 1.82) is 0 Å². The molecule has 6 nitrogen and oxygen atoms in total. The van der Waals surface area contributed by atoms with Crippen molar-refractivity contribution in [2.75, 3.05) is 19.8 Å². The van der Waals surface area contributed by atoms with Crippen molar-refractivity contribution in [1.82, 2.24) is 15.1 Å². The third-order valence-electron chi connectivity index (χ3n) is 5.23. The van der Waals surface area contributed by atoms with Crippen molar-refractivity contribution in [3.63, 3.8) is 0 Å². The molecule has 1 spiro atoms. The van der Waals surface area contributed by atoms with Crippen LogP contribution in [0.1, 0.15) is 56.1 Å². The van der Waals surface area contributed by atoms with Crippen LogP contribution in [0.15, 0.2) is 0 Å². The molecule has 2 atom stereocenters. The van der Waals surface area contributed by atoms with Gasteiger partial charge in [0.05, 0.1) is 24.3 Å². The lowest BCUT2D eigenvalue weighted by molar-refractivity contribution is -0.125. The molecule has 1 aromatic rings. The molecule has 3 rings (SSSR count). The van der Waals surface area contributed by atoms with E-state index >= 15 is 0 Å². The summed E-state index contributed by atoms with van der Waals surface area (Å²) in [6, 6.07) is 0.479. The van der Waals surface area contributed by atoms with Gasteiger partial charge < -0.3 is 14.8 Å². The molecule has 0 bridgehead atoms. The van der Waals surface area contributed by atoms with E-state index in [1.165, 1.54) is 0 Å². The van der Waals surface area contributed by atoms with Gasteiger partial charge >= 0.3 is 0 Å². The summed E-state index contributed by atoms with van der Waals surface area (Å²) >= 11 is 0. The minimum Gasteiger partial charge on any atom is -0.378 e. The van der Waals surface area contributed by atoms with E-state index < -0.39 is 0 Å². The summed E-state index contributed by atoms with van der Waals surface area (Å²) in [7, 11) is 0. The van der Waals surface area contributed by atoms with Gasteiger partial charge in [-0.1, -0.05) is 0 Å². The first-order valence-electron chi connectivity index (χ1n) is 8.96. The predicted octanol–water partition coefficient (Wildman–Crippen LogP) is 2.08. The van der Waals surface area contributed by atoms with Crippen molar-refractivity contribution < 1.29 is 14.3 Å². The summed E-state index contributed by atoms with van der Waals surface area (Å²) in [5, 5.41) is 7.77. The summed E-state index contributed by atoms with van der Waals surface area (Å²) in [6.07, 6.45) is 3.04. The summed E-state index contributed by atoms with van der Waals surface area (Å²) in [6.45, 7) is 10.3. The highest BCUT2D eigenvalue weighted by Gasteiger charge is 2.41. The Kier molecular flexibility index (Phi) is 4.97. The van der Waals surface area contributed by atoms with Crippen LogP contribution >= 0.6 is 0 Å². The Balaban J connectivity index is 1.62. The maximum absolute atomic E-state index is 12.5. The van der Waals surface area contributed by atoms with Gasteiger partial charge in [-0.3, -0.25) is 9.48 Å². The zero-order valence-corrected chi connectivity index (χ0v) is 15.2. The van der Waals surface area contributed by atoms with E-state index in [2.05, 4.69) is 24.3 Å². The number of amides is 1. The molecule has 3 heterocycles. The quantitative estimate of drug-likeness (QED) is 0.915. The molecule has 2 saturated heterocycles. The number of hydrogen-bond donors (Lipinski definition) is 1. The fraction of sp³-hybridized carbons (Fsp3) is 0.778. The fourth-order valence-electron chi connectivity index (χ4n) is 3.91. The lowest BCUT2D eigenvalue weighted by Gasteiger charge is -2.37. The van der Waals surface area contributed by atoms with Gasteiger partial charge in [-0.15, -0.1) is 0 Å². The number of rotatable bonds is 4. The molecule has 24 heavy (non-hydrogen) atoms. The topological polar surface area (TPSA) is 65.4 Å². The SMILES string of the molecule is Cc1nn(C(C)C)c(C)c1CC(=O)NC1CCOC2(CCOC2)C1. The Labute approximate surface area is 143 Å². The van der Waals surface area contributed by atoms with Crippen molar-refractivity contribution in [3.05, 3.63) is 17.0 Å². The van der Waals surface area contributed by atoms with Crippen LogP contribution in [-0.2, 0) is 20.7 Å². The Morgan fingerprint density at radius 2 is 2.21 bits per heavy atom. The van der Waals surface area contributed by atoms with Crippen LogP contribution < -0.4 is 5.32 Å². The Bertz CT molecular complexity index is 603. The Morgan fingerprint density at radius 3 is 2.83 bits per heavy atom. The highest BCUT2D eigenvalue weighted by Crippen LogP contribution is 2.32. The van der Waals surface area contributed by atoms with E-state index in [1.54, 1.807) is 0 Å². The second kappa shape index (κ2) is 6.84. The Morgan fingerprint density at radius 1 is 1.42 bits per heavy atom. The second-order valence-electron chi connectivity index (χ2n) is 7.46. The van der Waals surface area contributed by atoms with Crippen molar-refractivity contribution in [2.24, 2.45) is 0 Å². The van der Waals surface area contributed by atoms with Crippen molar-refractivity contribution in [2.45, 2.75) is 71.1 Å². The summed E-state index contributed by atoms with van der Waals surface area (Å²) in [5.74, 6) is 0.0745. The zero-order chi connectivity index (χ0) is 17.3. The second-order valence-corrected chi connectivity index (χ2v) is 7.46. The van der Waals surface area contributed by atoms with Crippen molar-refractivity contribution >= 4 is 5.91 Å². The minimum atomic E-state index is -0.176. The molecule has 2 unspecified atom stereocenters. The average Bonchev–Trinajstić information content (AvgIpc) is 3.07. The predicted molar refractivity (Wildman–Crippen MR) is 91.1 cm³/mol. The van der Waals surface area contributed by atoms with E-state index in [4.69, 9.17) is 9.47 Å². The maximum atomic E-state index is 12.5. The molecule has 2 aliphatic heterocycles. The Hall–Kier alpha value is -1.40. The van der Waals surface area contributed by atoms with E-state index in [1.807, 2.05) is 18.5 Å². The highest BCUT2D eigenvalue weighted by atomic mass is 16.6. The van der Waals surface area contributed by atoms with Gasteiger partial charge in [0, 0.05) is 43.0 Å². The normalized spacial score (nSPS) is 27.1. The molecule has 6 heteroatoms. The number of aryl methyl sites for hydroxylation is 1. The van der Waals surface area contributed by atoms with E-state index in [-0.39, 0.29) is 17.6 Å². The number of carbonyl (C=O) groups excluding carboxylic acids is 1. The molecule has 2 fully saturated rings. The molecule has 134 valence electrons. The summed E-state index contributed by atoms with van der Waals surface area (Å²) in [4.78, 5) is 12.5. The molecule has 1 N–H and O–H groups in total. The van der Waals surface area contributed by atoms with Gasteiger partial charge in [-0.2, -0.15) is 5.10 Å². The van der Waals surface area contributed by atoms with E-state index in [0.29, 0.717) is 25.7 Å². The van der Waals surface area contributed by atoms with Gasteiger partial charge in [-0.05, 0) is 40.5 Å². The largest absolute Gasteiger partial charge is 0.378 e. The lowest BCUT2D eigenvalue weighted by atomic mass is 9.89. The first kappa shape index (κ1) is 17.4. The lowest BCUT2D eigenvalue weighted by Crippen LogP contribution is -2.49. The molecule has 1 aromatic heterocycles. The molecular formula is C18H29N3O3. The molecule has 1 amide bonds. The van der Waals surface area contributed by atoms with Gasteiger partial charge in [0.2, 0.25) is 5.91 Å². The number of aromatic nitrogens is 2. The third kappa shape index (κ3) is 3.49. The molecule has 2 aliphatic rings. The maximum Gasteiger partial charge on any atom is 0.224 e. The van der Waals surface area contributed by atoms with Crippen LogP contribution in [0.4, 0.5) is 0 Å². The van der Waals surface area contributed by atoms with Crippen molar-refractivity contribution in [3.8, 4) is 0 Å². The number of nitrogens with one attached hydrogen (secondary N) is 1. The molecule has 0 aromatic carbocycles. The van der Waals surface area contributed by atoms with Gasteiger partial charge in [0.1, 0.15) is 0 Å². The minimum absolute atomic E-state index is 0.0745. The van der Waals surface area contributed by atoms with Crippen LogP contribution in [0.2, 0.25) is 0 Å². The van der Waals surface area contributed by atoms with Crippen LogP contribution in [0.3, 0.4) is 0 Å². The van der Waals surface area contributed by atoms with Crippen LogP contribution in [0.25, 0.3) is 0 Å². The third-order valence-corrected chi connectivity index (χ3v) is 5.23. The first-order chi connectivity index (χ1) is 11.4. The molecule has 0 aliphatic carbocycles. The van der Waals surface area contributed by atoms with Gasteiger partial charge in [0.25, 0.3) is 0 Å².